The van der Waals surface area contributed by atoms with Crippen LogP contribution in [0.4, 0.5) is 0 Å². The number of terminal acetylenes is 1. The van der Waals surface area contributed by atoms with Crippen LogP contribution in [0.3, 0.4) is 0 Å². The number of nitrogens with one attached hydrogen (secondary N) is 4. The Hall–Kier alpha value is -2.98. The molecule has 2 aromatic rings. The number of carbonyl (C=O) groups excluding carboxylic acids is 3. The Balaban J connectivity index is 1.72. The first-order valence-electron chi connectivity index (χ1n) is 11.2. The molecule has 1 aliphatic rings. The van der Waals surface area contributed by atoms with E-state index in [4.69, 9.17) is 18.0 Å². The maximum Gasteiger partial charge on any atom is 0.268 e. The molecule has 1 aliphatic heterocycles. The largest absolute Gasteiger partial charge is 0.356 e. The third kappa shape index (κ3) is 6.52. The van der Waals surface area contributed by atoms with E-state index >= 15 is 0 Å². The van der Waals surface area contributed by atoms with Gasteiger partial charge in [-0.3, -0.25) is 14.4 Å². The van der Waals surface area contributed by atoms with E-state index in [2.05, 4.69) is 26.9 Å². The number of carbonyl (C=O) groups is 3. The molecular formula is C25H31ClN4O3. The summed E-state index contributed by atoms with van der Waals surface area (Å²) in [4.78, 5) is 41.3. The van der Waals surface area contributed by atoms with Crippen LogP contribution in [0.25, 0.3) is 10.9 Å². The Kier molecular flexibility index (Phi) is 7.70. The molecule has 0 spiro atoms. The minimum Gasteiger partial charge on any atom is -0.356 e. The highest BCUT2D eigenvalue weighted by molar-refractivity contribution is 6.35. The number of fused-ring (bicyclic) bond motifs is 1. The maximum atomic E-state index is 13.2. The van der Waals surface area contributed by atoms with Crippen molar-refractivity contribution in [2.75, 3.05) is 6.54 Å². The van der Waals surface area contributed by atoms with Crippen LogP contribution in [-0.4, -0.2) is 41.3 Å². The Morgan fingerprint density at radius 1 is 1.30 bits per heavy atom. The number of benzene rings is 1. The Morgan fingerprint density at radius 3 is 2.70 bits per heavy atom. The summed E-state index contributed by atoms with van der Waals surface area (Å²) in [5.74, 6) is 1.54. The molecule has 1 saturated heterocycles. The normalized spacial score (nSPS) is 18.2. The Bertz CT molecular complexity index is 1080. The van der Waals surface area contributed by atoms with Gasteiger partial charge in [-0.05, 0) is 43.2 Å². The van der Waals surface area contributed by atoms with Crippen molar-refractivity contribution in [3.63, 3.8) is 0 Å². The zero-order chi connectivity index (χ0) is 24.2. The van der Waals surface area contributed by atoms with Crippen LogP contribution in [-0.2, 0) is 9.59 Å². The molecule has 0 bridgehead atoms. The average molecular weight is 471 g/mol. The number of piperidine rings is 1. The van der Waals surface area contributed by atoms with Crippen LogP contribution >= 0.6 is 11.6 Å². The highest BCUT2D eigenvalue weighted by Gasteiger charge is 2.30. The molecule has 3 unspecified atom stereocenters. The Labute approximate surface area is 199 Å². The molecule has 0 saturated carbocycles. The number of H-pyrrole nitrogens is 1. The predicted molar refractivity (Wildman–Crippen MR) is 130 cm³/mol. The second-order valence-corrected chi connectivity index (χ2v) is 10.2. The summed E-state index contributed by atoms with van der Waals surface area (Å²) in [6, 6.07) is 5.71. The third-order valence-corrected chi connectivity index (χ3v) is 6.04. The minimum absolute atomic E-state index is 0.0345. The van der Waals surface area contributed by atoms with Gasteiger partial charge in [-0.25, -0.2) is 0 Å². The van der Waals surface area contributed by atoms with Gasteiger partial charge in [-0.2, -0.15) is 0 Å². The van der Waals surface area contributed by atoms with Crippen LogP contribution in [0.2, 0.25) is 5.02 Å². The van der Waals surface area contributed by atoms with Gasteiger partial charge in [0.1, 0.15) is 11.7 Å². The standard InChI is InChI=1S/C25H31ClN4O3/c1-5-17(12-16-9-7-11-27-22(16)31)28-24(33)20(14-25(2,3)4)30-23(32)19-13-15-8-6-10-18(26)21(15)29-19/h1,6,8,10,13,16-17,20,29H,7,9,11-12,14H2,2-4H3,(H,27,31)(H,28,33)(H,30,32). The van der Waals surface area contributed by atoms with Crippen molar-refractivity contribution in [2.45, 2.75) is 58.5 Å². The van der Waals surface area contributed by atoms with E-state index in [1.807, 2.05) is 32.9 Å². The molecule has 3 atom stereocenters. The number of halogens is 1. The van der Waals surface area contributed by atoms with E-state index in [-0.39, 0.29) is 23.1 Å². The Morgan fingerprint density at radius 2 is 2.06 bits per heavy atom. The first kappa shape index (κ1) is 24.7. The van der Waals surface area contributed by atoms with Gasteiger partial charge in [0.25, 0.3) is 5.91 Å². The summed E-state index contributed by atoms with van der Waals surface area (Å²) in [6.07, 6.45) is 8.06. The number of hydrogen-bond acceptors (Lipinski definition) is 3. The monoisotopic (exact) mass is 470 g/mol. The lowest BCUT2D eigenvalue weighted by atomic mass is 9.87. The van der Waals surface area contributed by atoms with E-state index in [9.17, 15) is 14.4 Å². The van der Waals surface area contributed by atoms with Gasteiger partial charge in [0, 0.05) is 17.8 Å². The van der Waals surface area contributed by atoms with Crippen molar-refractivity contribution in [1.29, 1.82) is 0 Å². The molecule has 3 rings (SSSR count). The summed E-state index contributed by atoms with van der Waals surface area (Å²) < 4.78 is 0. The molecule has 0 radical (unpaired) electrons. The number of amides is 3. The molecule has 176 valence electrons. The van der Waals surface area contributed by atoms with Crippen LogP contribution < -0.4 is 16.0 Å². The van der Waals surface area contributed by atoms with Crippen LogP contribution in [0.15, 0.2) is 24.3 Å². The molecule has 0 aliphatic carbocycles. The predicted octanol–water partition coefficient (Wildman–Crippen LogP) is 3.39. The molecule has 3 amide bonds. The van der Waals surface area contributed by atoms with Gasteiger partial charge in [0.05, 0.1) is 16.6 Å². The van der Waals surface area contributed by atoms with E-state index in [0.29, 0.717) is 35.6 Å². The number of aromatic amines is 1. The SMILES string of the molecule is C#CC(CC1CCCNC1=O)NC(=O)C(CC(C)(C)C)NC(=O)c1cc2cccc(Cl)c2[nH]1. The average Bonchev–Trinajstić information content (AvgIpc) is 3.19. The zero-order valence-electron chi connectivity index (χ0n) is 19.3. The minimum atomic E-state index is -0.796. The van der Waals surface area contributed by atoms with Crippen molar-refractivity contribution in [2.24, 2.45) is 11.3 Å². The second kappa shape index (κ2) is 10.3. The fourth-order valence-electron chi connectivity index (χ4n) is 4.09. The van der Waals surface area contributed by atoms with Crippen LogP contribution in [0, 0.1) is 23.7 Å². The smallest absolute Gasteiger partial charge is 0.268 e. The molecule has 2 heterocycles. The second-order valence-electron chi connectivity index (χ2n) is 9.77. The molecule has 7 nitrogen and oxygen atoms in total. The van der Waals surface area contributed by atoms with Crippen LogP contribution in [0.1, 0.15) is 56.9 Å². The highest BCUT2D eigenvalue weighted by Crippen LogP contribution is 2.25. The number of rotatable bonds is 7. The van der Waals surface area contributed by atoms with E-state index in [1.54, 1.807) is 12.1 Å². The van der Waals surface area contributed by atoms with Crippen molar-refractivity contribution < 1.29 is 14.4 Å². The first-order chi connectivity index (χ1) is 15.6. The van der Waals surface area contributed by atoms with E-state index in [1.165, 1.54) is 0 Å². The fourth-order valence-corrected chi connectivity index (χ4v) is 4.31. The van der Waals surface area contributed by atoms with Gasteiger partial charge >= 0.3 is 0 Å². The lowest BCUT2D eigenvalue weighted by molar-refractivity contribution is -0.128. The molecule has 1 aromatic carbocycles. The van der Waals surface area contributed by atoms with Crippen molar-refractivity contribution in [3.05, 3.63) is 35.0 Å². The third-order valence-electron chi connectivity index (χ3n) is 5.73. The molecule has 4 N–H and O–H groups in total. The maximum absolute atomic E-state index is 13.2. The van der Waals surface area contributed by atoms with Crippen molar-refractivity contribution in [3.8, 4) is 12.3 Å². The molecule has 33 heavy (non-hydrogen) atoms. The van der Waals surface area contributed by atoms with Gasteiger partial charge in [0.2, 0.25) is 11.8 Å². The van der Waals surface area contributed by atoms with Gasteiger partial charge < -0.3 is 20.9 Å². The number of para-hydroxylation sites is 1. The van der Waals surface area contributed by atoms with Gasteiger partial charge in [0.15, 0.2) is 0 Å². The van der Waals surface area contributed by atoms with Gasteiger partial charge in [-0.1, -0.05) is 50.4 Å². The summed E-state index contributed by atoms with van der Waals surface area (Å²) in [6.45, 7) is 6.65. The van der Waals surface area contributed by atoms with Crippen LogP contribution in [0.5, 0.6) is 0 Å². The molecular weight excluding hydrogens is 440 g/mol. The number of hydrogen-bond donors (Lipinski definition) is 4. The summed E-state index contributed by atoms with van der Waals surface area (Å²) >= 11 is 6.21. The summed E-state index contributed by atoms with van der Waals surface area (Å²) in [5, 5.41) is 9.85. The quantitative estimate of drug-likeness (QED) is 0.466. The highest BCUT2D eigenvalue weighted by atomic mass is 35.5. The lowest BCUT2D eigenvalue weighted by Gasteiger charge is -2.28. The van der Waals surface area contributed by atoms with E-state index < -0.39 is 18.0 Å². The topological polar surface area (TPSA) is 103 Å². The summed E-state index contributed by atoms with van der Waals surface area (Å²) in [5.41, 5.74) is 0.755. The fraction of sp³-hybridized carbons (Fsp3) is 0.480. The lowest BCUT2D eigenvalue weighted by Crippen LogP contribution is -2.51. The molecule has 1 fully saturated rings. The summed E-state index contributed by atoms with van der Waals surface area (Å²) in [7, 11) is 0. The van der Waals surface area contributed by atoms with E-state index in [0.717, 1.165) is 18.2 Å². The van der Waals surface area contributed by atoms with Crippen molar-refractivity contribution in [1.82, 2.24) is 20.9 Å². The zero-order valence-corrected chi connectivity index (χ0v) is 20.0. The first-order valence-corrected chi connectivity index (χ1v) is 11.6. The molecule has 1 aromatic heterocycles. The number of aromatic nitrogens is 1. The van der Waals surface area contributed by atoms with Crippen molar-refractivity contribution >= 4 is 40.2 Å². The van der Waals surface area contributed by atoms with Gasteiger partial charge in [-0.15, -0.1) is 6.42 Å². The molecule has 8 heteroatoms.